The summed E-state index contributed by atoms with van der Waals surface area (Å²) in [6, 6.07) is 2.75. The summed E-state index contributed by atoms with van der Waals surface area (Å²) in [6.07, 6.45) is 1.84. The SMILES string of the molecule is COC(=O)c1cc(-c2nc(SC)nn2C)c(F)cc1C. The second-order valence-corrected chi connectivity index (χ2v) is 4.96. The number of methoxy groups -OCH3 is 1. The predicted octanol–water partition coefficient (Wildman–Crippen LogP) is 2.44. The maximum Gasteiger partial charge on any atom is 0.338 e. The standard InChI is InChI=1S/C13H14FN3O2S/c1-7-5-10(14)9(6-8(7)12(18)19-3)11-15-13(20-4)16-17(11)2/h5-6H,1-4H3. The van der Waals surface area contributed by atoms with Crippen molar-refractivity contribution in [2.24, 2.45) is 7.05 Å². The molecule has 7 heteroatoms. The van der Waals surface area contributed by atoms with Crippen LogP contribution in [0.25, 0.3) is 11.4 Å². The molecule has 0 bridgehead atoms. The van der Waals surface area contributed by atoms with E-state index in [1.54, 1.807) is 14.0 Å². The van der Waals surface area contributed by atoms with Crippen molar-refractivity contribution in [2.75, 3.05) is 13.4 Å². The van der Waals surface area contributed by atoms with E-state index in [9.17, 15) is 9.18 Å². The highest BCUT2D eigenvalue weighted by Crippen LogP contribution is 2.26. The van der Waals surface area contributed by atoms with Crippen molar-refractivity contribution in [2.45, 2.75) is 12.1 Å². The number of carbonyl (C=O) groups is 1. The average molecular weight is 295 g/mol. The molecule has 0 fully saturated rings. The van der Waals surface area contributed by atoms with Crippen LogP contribution in [0.3, 0.4) is 0 Å². The number of halogens is 1. The predicted molar refractivity (Wildman–Crippen MR) is 74.3 cm³/mol. The Hall–Kier alpha value is -1.89. The molecule has 2 rings (SSSR count). The van der Waals surface area contributed by atoms with Gasteiger partial charge in [-0.2, -0.15) is 0 Å². The van der Waals surface area contributed by atoms with Crippen LogP contribution in [0.2, 0.25) is 0 Å². The third-order valence-electron chi connectivity index (χ3n) is 2.89. The summed E-state index contributed by atoms with van der Waals surface area (Å²) < 4.78 is 20.3. The first-order chi connectivity index (χ1) is 9.47. The monoisotopic (exact) mass is 295 g/mol. The molecule has 1 aromatic heterocycles. The van der Waals surface area contributed by atoms with Crippen molar-refractivity contribution >= 4 is 17.7 Å². The van der Waals surface area contributed by atoms with Gasteiger partial charge in [-0.1, -0.05) is 11.8 Å². The van der Waals surface area contributed by atoms with E-state index in [0.29, 0.717) is 22.1 Å². The fourth-order valence-electron chi connectivity index (χ4n) is 1.86. The van der Waals surface area contributed by atoms with Crippen LogP contribution in [-0.2, 0) is 11.8 Å². The highest BCUT2D eigenvalue weighted by molar-refractivity contribution is 7.98. The largest absolute Gasteiger partial charge is 0.465 e. The first-order valence-electron chi connectivity index (χ1n) is 5.81. The number of carbonyl (C=O) groups excluding carboxylic acids is 1. The van der Waals surface area contributed by atoms with Crippen LogP contribution < -0.4 is 0 Å². The molecule has 0 saturated heterocycles. The van der Waals surface area contributed by atoms with Crippen molar-refractivity contribution in [1.29, 1.82) is 0 Å². The summed E-state index contributed by atoms with van der Waals surface area (Å²) in [5.41, 5.74) is 1.06. The molecule has 1 heterocycles. The molecule has 0 radical (unpaired) electrons. The molecule has 0 aliphatic heterocycles. The Balaban J connectivity index is 2.61. The van der Waals surface area contributed by atoms with Gasteiger partial charge in [0.1, 0.15) is 5.82 Å². The molecule has 0 aliphatic carbocycles. The van der Waals surface area contributed by atoms with E-state index in [1.165, 1.54) is 35.7 Å². The molecule has 2 aromatic rings. The minimum Gasteiger partial charge on any atom is -0.465 e. The van der Waals surface area contributed by atoms with Crippen LogP contribution in [0.4, 0.5) is 4.39 Å². The molecule has 0 atom stereocenters. The van der Waals surface area contributed by atoms with Gasteiger partial charge in [0.05, 0.1) is 18.2 Å². The van der Waals surface area contributed by atoms with Crippen LogP contribution in [0.5, 0.6) is 0 Å². The zero-order valence-electron chi connectivity index (χ0n) is 11.6. The van der Waals surface area contributed by atoms with E-state index in [2.05, 4.69) is 10.1 Å². The van der Waals surface area contributed by atoms with Crippen molar-refractivity contribution in [3.8, 4) is 11.4 Å². The maximum atomic E-state index is 14.1. The lowest BCUT2D eigenvalue weighted by molar-refractivity contribution is 0.0600. The van der Waals surface area contributed by atoms with Crippen LogP contribution in [0.1, 0.15) is 15.9 Å². The van der Waals surface area contributed by atoms with E-state index in [0.717, 1.165) is 0 Å². The van der Waals surface area contributed by atoms with E-state index in [1.807, 2.05) is 6.26 Å². The van der Waals surface area contributed by atoms with Gasteiger partial charge in [-0.25, -0.2) is 18.9 Å². The fraction of sp³-hybridized carbons (Fsp3) is 0.308. The lowest BCUT2D eigenvalue weighted by Gasteiger charge is -2.08. The first-order valence-corrected chi connectivity index (χ1v) is 7.04. The van der Waals surface area contributed by atoms with Crippen molar-refractivity contribution in [1.82, 2.24) is 14.8 Å². The topological polar surface area (TPSA) is 57.0 Å². The second-order valence-electron chi connectivity index (χ2n) is 4.18. The molecule has 0 N–H and O–H groups in total. The smallest absolute Gasteiger partial charge is 0.338 e. The van der Waals surface area contributed by atoms with Crippen molar-refractivity contribution in [3.05, 3.63) is 29.1 Å². The van der Waals surface area contributed by atoms with Crippen molar-refractivity contribution in [3.63, 3.8) is 0 Å². The highest BCUT2D eigenvalue weighted by atomic mass is 32.2. The summed E-state index contributed by atoms with van der Waals surface area (Å²) in [6.45, 7) is 1.66. The lowest BCUT2D eigenvalue weighted by atomic mass is 10.0. The van der Waals surface area contributed by atoms with E-state index in [4.69, 9.17) is 4.74 Å². The molecule has 0 spiro atoms. The van der Waals surface area contributed by atoms with E-state index < -0.39 is 11.8 Å². The van der Waals surface area contributed by atoms with Gasteiger partial charge in [0, 0.05) is 7.05 Å². The molecular weight excluding hydrogens is 281 g/mol. The summed E-state index contributed by atoms with van der Waals surface area (Å²) in [4.78, 5) is 15.9. The number of aromatic nitrogens is 3. The number of benzene rings is 1. The summed E-state index contributed by atoms with van der Waals surface area (Å²) in [5, 5.41) is 4.69. The molecule has 106 valence electrons. The van der Waals surface area contributed by atoms with Gasteiger partial charge in [0.25, 0.3) is 0 Å². The second kappa shape index (κ2) is 5.62. The highest BCUT2D eigenvalue weighted by Gasteiger charge is 2.18. The number of hydrogen-bond donors (Lipinski definition) is 0. The fourth-order valence-corrected chi connectivity index (χ4v) is 2.24. The van der Waals surface area contributed by atoms with Crippen LogP contribution in [-0.4, -0.2) is 34.1 Å². The van der Waals surface area contributed by atoms with E-state index >= 15 is 0 Å². The Morgan fingerprint density at radius 2 is 2.15 bits per heavy atom. The summed E-state index contributed by atoms with van der Waals surface area (Å²) >= 11 is 1.37. The minimum atomic E-state index is -0.504. The molecule has 0 aliphatic rings. The lowest BCUT2D eigenvalue weighted by Crippen LogP contribution is -2.06. The number of hydrogen-bond acceptors (Lipinski definition) is 5. The quantitative estimate of drug-likeness (QED) is 0.643. The zero-order chi connectivity index (χ0) is 14.9. The van der Waals surface area contributed by atoms with Gasteiger partial charge in [0.15, 0.2) is 5.82 Å². The Labute approximate surface area is 120 Å². The number of thioether (sulfide) groups is 1. The third kappa shape index (κ3) is 2.53. The van der Waals surface area contributed by atoms with Gasteiger partial charge in [-0.15, -0.1) is 5.10 Å². The molecule has 0 saturated carbocycles. The normalized spacial score (nSPS) is 10.7. The molecule has 5 nitrogen and oxygen atoms in total. The van der Waals surface area contributed by atoms with Crippen LogP contribution >= 0.6 is 11.8 Å². The van der Waals surface area contributed by atoms with Gasteiger partial charge in [-0.3, -0.25) is 0 Å². The third-order valence-corrected chi connectivity index (χ3v) is 3.42. The Morgan fingerprint density at radius 3 is 2.70 bits per heavy atom. The van der Waals surface area contributed by atoms with Crippen LogP contribution in [0, 0.1) is 12.7 Å². The molecule has 1 aromatic carbocycles. The molecule has 20 heavy (non-hydrogen) atoms. The Kier molecular flexibility index (Phi) is 4.08. The zero-order valence-corrected chi connectivity index (χ0v) is 12.4. The number of rotatable bonds is 3. The van der Waals surface area contributed by atoms with E-state index in [-0.39, 0.29) is 5.56 Å². The average Bonchev–Trinajstić information content (AvgIpc) is 2.79. The van der Waals surface area contributed by atoms with Gasteiger partial charge >= 0.3 is 5.97 Å². The van der Waals surface area contributed by atoms with Gasteiger partial charge in [0.2, 0.25) is 5.16 Å². The maximum absolute atomic E-state index is 14.1. The van der Waals surface area contributed by atoms with Gasteiger partial charge < -0.3 is 4.74 Å². The molecule has 0 amide bonds. The number of aryl methyl sites for hydroxylation is 2. The molecule has 0 unspecified atom stereocenters. The number of nitrogens with zero attached hydrogens (tertiary/aromatic N) is 3. The first kappa shape index (κ1) is 14.5. The van der Waals surface area contributed by atoms with Crippen LogP contribution in [0.15, 0.2) is 17.3 Å². The van der Waals surface area contributed by atoms with Crippen molar-refractivity contribution < 1.29 is 13.9 Å². The molecular formula is C13H14FN3O2S. The summed E-state index contributed by atoms with van der Waals surface area (Å²) in [5.74, 6) is -0.577. The Morgan fingerprint density at radius 1 is 1.45 bits per heavy atom. The minimum absolute atomic E-state index is 0.228. The Bertz CT molecular complexity index is 670. The van der Waals surface area contributed by atoms with Gasteiger partial charge in [-0.05, 0) is 30.9 Å². The number of esters is 1. The number of ether oxygens (including phenoxy) is 1. The summed E-state index contributed by atoms with van der Waals surface area (Å²) in [7, 11) is 2.97.